The molecule has 0 saturated carbocycles. The van der Waals surface area contributed by atoms with Crippen molar-refractivity contribution in [2.75, 3.05) is 32.0 Å². The molecule has 54 heavy (non-hydrogen) atoms. The van der Waals surface area contributed by atoms with Gasteiger partial charge in [0.1, 0.15) is 17.1 Å². The molecule has 1 aromatic carbocycles. The van der Waals surface area contributed by atoms with Crippen LogP contribution in [0.15, 0.2) is 94.5 Å². The Morgan fingerprint density at radius 2 is 1.50 bits per heavy atom. The first-order valence-electron chi connectivity index (χ1n) is 16.2. The standard InChI is InChI=1S/C36H31N11O7/c1-51-27-14-20(15-28(52-2)31(27)53-3)16-29(48)39-35-40-33(44-45-35)25-9-7-22(18-38-25)21-11-13-47(30(49)17-21)19-23-8-10-26(54-23)34(50)42-36-41-32(43-46-36)24-6-4-5-12-37-24/h4-15,17-18H,16,19H2,1-3H3,(H2,39,40,44,45,48)(H2,41,42,43,46,50). The van der Waals surface area contributed by atoms with Crippen molar-refractivity contribution >= 4 is 23.7 Å². The molecule has 0 aliphatic carbocycles. The third kappa shape index (κ3) is 7.66. The van der Waals surface area contributed by atoms with Crippen molar-refractivity contribution in [2.45, 2.75) is 13.0 Å². The number of nitrogens with one attached hydrogen (secondary N) is 4. The second kappa shape index (κ2) is 15.3. The lowest BCUT2D eigenvalue weighted by molar-refractivity contribution is -0.115. The van der Waals surface area contributed by atoms with E-state index in [0.717, 1.165) is 0 Å². The number of hydrogen-bond donors (Lipinski definition) is 4. The maximum Gasteiger partial charge on any atom is 0.293 e. The molecule has 272 valence electrons. The molecule has 6 aromatic heterocycles. The van der Waals surface area contributed by atoms with Crippen LogP contribution in [0.3, 0.4) is 0 Å². The highest BCUT2D eigenvalue weighted by atomic mass is 16.5. The summed E-state index contributed by atoms with van der Waals surface area (Å²) in [4.78, 5) is 53.1. The summed E-state index contributed by atoms with van der Waals surface area (Å²) in [7, 11) is 4.51. The second-order valence-electron chi connectivity index (χ2n) is 11.6. The van der Waals surface area contributed by atoms with Crippen molar-refractivity contribution in [3.05, 3.63) is 113 Å². The molecular weight excluding hydrogens is 698 g/mol. The van der Waals surface area contributed by atoms with Crippen LogP contribution in [0, 0.1) is 0 Å². The molecule has 0 atom stereocenters. The molecule has 0 aliphatic heterocycles. The van der Waals surface area contributed by atoms with Crippen LogP contribution >= 0.6 is 0 Å². The van der Waals surface area contributed by atoms with Crippen LogP contribution < -0.4 is 30.4 Å². The van der Waals surface area contributed by atoms with E-state index < -0.39 is 5.91 Å². The fourth-order valence-corrected chi connectivity index (χ4v) is 5.41. The predicted octanol–water partition coefficient (Wildman–Crippen LogP) is 3.98. The number of aromatic amines is 2. The number of methoxy groups -OCH3 is 3. The van der Waals surface area contributed by atoms with Crippen LogP contribution in [0.1, 0.15) is 21.9 Å². The molecule has 7 rings (SSSR count). The van der Waals surface area contributed by atoms with Crippen LogP contribution in [0.25, 0.3) is 34.2 Å². The number of pyridine rings is 3. The zero-order valence-electron chi connectivity index (χ0n) is 29.0. The van der Waals surface area contributed by atoms with Crippen molar-refractivity contribution in [3.8, 4) is 51.4 Å². The summed E-state index contributed by atoms with van der Waals surface area (Å²) in [6.45, 7) is 0.0998. The Morgan fingerprint density at radius 3 is 2.13 bits per heavy atom. The van der Waals surface area contributed by atoms with Crippen LogP contribution in [-0.4, -0.2) is 78.0 Å². The highest BCUT2D eigenvalue weighted by Crippen LogP contribution is 2.38. The van der Waals surface area contributed by atoms with E-state index in [0.29, 0.717) is 62.7 Å². The molecule has 18 heteroatoms. The van der Waals surface area contributed by atoms with Gasteiger partial charge in [-0.25, -0.2) is 0 Å². The SMILES string of the molecule is COc1cc(CC(=O)Nc2nnc(-c3ccc(-c4ccn(Cc5ccc(C(=O)Nc6nnc(-c7ccccn7)[nH]6)o5)c(=O)c4)cn3)[nH]2)cc(OC)c1OC. The molecule has 6 heterocycles. The van der Waals surface area contributed by atoms with Crippen LogP contribution in [-0.2, 0) is 17.8 Å². The number of H-pyrrole nitrogens is 2. The molecule has 0 bridgehead atoms. The number of nitrogens with zero attached hydrogens (tertiary/aromatic N) is 7. The normalized spacial score (nSPS) is 10.9. The average molecular weight is 730 g/mol. The first-order valence-corrected chi connectivity index (χ1v) is 16.2. The van der Waals surface area contributed by atoms with E-state index in [-0.39, 0.29) is 42.1 Å². The van der Waals surface area contributed by atoms with Crippen molar-refractivity contribution < 1.29 is 28.2 Å². The van der Waals surface area contributed by atoms with Crippen molar-refractivity contribution in [1.29, 1.82) is 0 Å². The Morgan fingerprint density at radius 1 is 0.778 bits per heavy atom. The summed E-state index contributed by atoms with van der Waals surface area (Å²) in [6.07, 6.45) is 4.87. The zero-order valence-corrected chi connectivity index (χ0v) is 29.0. The first kappa shape index (κ1) is 34.8. The number of carbonyl (C=O) groups excluding carboxylic acids is 2. The third-order valence-corrected chi connectivity index (χ3v) is 8.01. The Labute approximate surface area is 305 Å². The van der Waals surface area contributed by atoms with Gasteiger partial charge in [0.05, 0.1) is 34.3 Å². The van der Waals surface area contributed by atoms with Gasteiger partial charge in [-0.3, -0.25) is 35.0 Å². The molecular formula is C36H31N11O7. The Bertz CT molecular complexity index is 2460. The number of anilines is 2. The number of ether oxygens (including phenoxy) is 3. The molecule has 0 fully saturated rings. The number of rotatable bonds is 13. The van der Waals surface area contributed by atoms with E-state index in [9.17, 15) is 14.4 Å². The maximum atomic E-state index is 13.0. The van der Waals surface area contributed by atoms with Crippen molar-refractivity contribution in [1.82, 2.24) is 44.9 Å². The number of furan rings is 1. The molecule has 18 nitrogen and oxygen atoms in total. The van der Waals surface area contributed by atoms with Gasteiger partial charge in [-0.05, 0) is 59.7 Å². The molecule has 4 N–H and O–H groups in total. The molecule has 0 spiro atoms. The van der Waals surface area contributed by atoms with Gasteiger partial charge in [-0.1, -0.05) is 12.1 Å². The van der Waals surface area contributed by atoms with E-state index in [1.54, 1.807) is 67.1 Å². The lowest BCUT2D eigenvalue weighted by atomic mass is 10.1. The Hall–Kier alpha value is -7.63. The Balaban J connectivity index is 0.949. The molecule has 0 aliphatic rings. The zero-order chi connectivity index (χ0) is 37.6. The lowest BCUT2D eigenvalue weighted by Crippen LogP contribution is -2.19. The van der Waals surface area contributed by atoms with Gasteiger partial charge in [-0.15, -0.1) is 20.4 Å². The van der Waals surface area contributed by atoms with E-state index in [4.69, 9.17) is 18.6 Å². The molecule has 0 radical (unpaired) electrons. The summed E-state index contributed by atoms with van der Waals surface area (Å²) in [6, 6.07) is 18.6. The highest BCUT2D eigenvalue weighted by molar-refractivity contribution is 6.01. The van der Waals surface area contributed by atoms with Crippen molar-refractivity contribution in [2.24, 2.45) is 0 Å². The van der Waals surface area contributed by atoms with Crippen LogP contribution in [0.5, 0.6) is 17.2 Å². The largest absolute Gasteiger partial charge is 0.493 e. The monoisotopic (exact) mass is 729 g/mol. The smallest absolute Gasteiger partial charge is 0.293 e. The predicted molar refractivity (Wildman–Crippen MR) is 193 cm³/mol. The van der Waals surface area contributed by atoms with E-state index >= 15 is 0 Å². The summed E-state index contributed by atoms with van der Waals surface area (Å²) in [5.41, 5.74) is 2.74. The fourth-order valence-electron chi connectivity index (χ4n) is 5.41. The minimum atomic E-state index is -0.539. The first-order chi connectivity index (χ1) is 26.3. The summed E-state index contributed by atoms with van der Waals surface area (Å²) < 4.78 is 23.2. The van der Waals surface area contributed by atoms with Gasteiger partial charge in [0.2, 0.25) is 23.6 Å². The topological polar surface area (TPSA) is 230 Å². The van der Waals surface area contributed by atoms with Crippen LogP contribution in [0.2, 0.25) is 0 Å². The number of benzene rings is 1. The molecule has 0 unspecified atom stereocenters. The molecule has 0 saturated heterocycles. The summed E-state index contributed by atoms with van der Waals surface area (Å²) >= 11 is 0. The number of amides is 2. The summed E-state index contributed by atoms with van der Waals surface area (Å²) in [5.74, 6) is 1.86. The number of aromatic nitrogens is 9. The quantitative estimate of drug-likeness (QED) is 0.132. The van der Waals surface area contributed by atoms with E-state index in [1.165, 1.54) is 38.0 Å². The van der Waals surface area contributed by atoms with Gasteiger partial charge in [-0.2, -0.15) is 0 Å². The Kier molecular flexibility index (Phi) is 9.87. The maximum absolute atomic E-state index is 13.0. The van der Waals surface area contributed by atoms with Gasteiger partial charge in [0, 0.05) is 30.2 Å². The minimum absolute atomic E-state index is 0.0116. The summed E-state index contributed by atoms with van der Waals surface area (Å²) in [5, 5.41) is 21.3. The van der Waals surface area contributed by atoms with Crippen LogP contribution in [0.4, 0.5) is 11.9 Å². The van der Waals surface area contributed by atoms with E-state index in [1.807, 2.05) is 6.07 Å². The number of carbonyl (C=O) groups is 2. The van der Waals surface area contributed by atoms with Crippen molar-refractivity contribution in [3.63, 3.8) is 0 Å². The number of hydrogen-bond acceptors (Lipinski definition) is 13. The molecule has 7 aromatic rings. The minimum Gasteiger partial charge on any atom is -0.493 e. The highest BCUT2D eigenvalue weighted by Gasteiger charge is 2.18. The lowest BCUT2D eigenvalue weighted by Gasteiger charge is -2.13. The average Bonchev–Trinajstić information content (AvgIpc) is 3.98. The second-order valence-corrected chi connectivity index (χ2v) is 11.6. The van der Waals surface area contributed by atoms with Gasteiger partial charge in [0.15, 0.2) is 28.9 Å². The van der Waals surface area contributed by atoms with Gasteiger partial charge >= 0.3 is 0 Å². The molecule has 2 amide bonds. The third-order valence-electron chi connectivity index (χ3n) is 8.01. The van der Waals surface area contributed by atoms with Gasteiger partial charge in [0.25, 0.3) is 11.5 Å². The van der Waals surface area contributed by atoms with Gasteiger partial charge < -0.3 is 33.2 Å². The fraction of sp³-hybridized carbons (Fsp3) is 0.139. The van der Waals surface area contributed by atoms with E-state index in [2.05, 4.69) is 51.0 Å².